The van der Waals surface area contributed by atoms with Gasteiger partial charge in [-0.15, -0.1) is 0 Å². The van der Waals surface area contributed by atoms with Gasteiger partial charge in [-0.2, -0.15) is 0 Å². The van der Waals surface area contributed by atoms with E-state index in [-0.39, 0.29) is 24.3 Å². The van der Waals surface area contributed by atoms with Crippen LogP contribution < -0.4 is 20.7 Å². The lowest BCUT2D eigenvalue weighted by atomic mass is 10.3. The van der Waals surface area contributed by atoms with E-state index in [1.165, 1.54) is 6.20 Å². The normalized spacial score (nSPS) is 12.9. The molecule has 1 heterocycles. The lowest BCUT2D eigenvalue weighted by Gasteiger charge is -2.10. The van der Waals surface area contributed by atoms with E-state index in [4.69, 9.17) is 27.9 Å². The van der Waals surface area contributed by atoms with Crippen LogP contribution in [0, 0.1) is 5.92 Å². The molecule has 3 rings (SSSR count). The Morgan fingerprint density at radius 3 is 2.75 bits per heavy atom. The molecule has 0 bridgehead atoms. The van der Waals surface area contributed by atoms with Crippen molar-refractivity contribution in [2.24, 2.45) is 5.92 Å². The molecule has 1 aliphatic carbocycles. The van der Waals surface area contributed by atoms with Crippen LogP contribution in [0.5, 0.6) is 5.75 Å². The Labute approximate surface area is 172 Å². The highest BCUT2D eigenvalue weighted by atomic mass is 35.5. The molecule has 1 aromatic heterocycles. The van der Waals surface area contributed by atoms with E-state index in [1.54, 1.807) is 30.3 Å². The summed E-state index contributed by atoms with van der Waals surface area (Å²) < 4.78 is 5.48. The maximum absolute atomic E-state index is 11.9. The number of nitrogens with zero attached hydrogens (tertiary/aromatic N) is 1. The quantitative estimate of drug-likeness (QED) is 0.538. The summed E-state index contributed by atoms with van der Waals surface area (Å²) in [6, 6.07) is 8.57. The van der Waals surface area contributed by atoms with E-state index in [0.717, 1.165) is 12.8 Å². The molecule has 1 saturated carbocycles. The first-order chi connectivity index (χ1) is 13.5. The number of halogens is 2. The molecule has 1 aromatic carbocycles. The summed E-state index contributed by atoms with van der Waals surface area (Å²) in [5.74, 6) is 0.907. The molecule has 9 heteroatoms. The lowest BCUT2D eigenvalue weighted by molar-refractivity contribution is -0.123. The number of aromatic nitrogens is 1. The highest BCUT2D eigenvalue weighted by molar-refractivity contribution is 6.35. The first kappa shape index (κ1) is 20.2. The van der Waals surface area contributed by atoms with Gasteiger partial charge in [0.15, 0.2) is 6.61 Å². The largest absolute Gasteiger partial charge is 0.484 e. The van der Waals surface area contributed by atoms with Crippen molar-refractivity contribution in [2.75, 3.05) is 30.3 Å². The van der Waals surface area contributed by atoms with Crippen molar-refractivity contribution in [2.45, 2.75) is 12.8 Å². The Morgan fingerprint density at radius 1 is 1.18 bits per heavy atom. The Morgan fingerprint density at radius 2 is 2.00 bits per heavy atom. The Balaban J connectivity index is 1.36. The first-order valence-corrected chi connectivity index (χ1v) is 9.62. The van der Waals surface area contributed by atoms with Crippen molar-refractivity contribution in [1.82, 2.24) is 10.3 Å². The second kappa shape index (κ2) is 9.61. The smallest absolute Gasteiger partial charge is 0.258 e. The average molecular weight is 423 g/mol. The van der Waals surface area contributed by atoms with Gasteiger partial charge in [-0.1, -0.05) is 29.3 Å². The summed E-state index contributed by atoms with van der Waals surface area (Å²) in [5, 5.41) is 9.46. The molecule has 1 fully saturated rings. The molecular weight excluding hydrogens is 403 g/mol. The van der Waals surface area contributed by atoms with Crippen molar-refractivity contribution in [3.05, 3.63) is 46.6 Å². The molecule has 3 N–H and O–H groups in total. The zero-order valence-corrected chi connectivity index (χ0v) is 16.5. The highest BCUT2D eigenvalue weighted by Crippen LogP contribution is 2.30. The first-order valence-electron chi connectivity index (χ1n) is 8.86. The van der Waals surface area contributed by atoms with Crippen LogP contribution in [0.3, 0.4) is 0 Å². The predicted octanol–water partition coefficient (Wildman–Crippen LogP) is 3.34. The third-order valence-electron chi connectivity index (χ3n) is 3.97. The second-order valence-electron chi connectivity index (χ2n) is 6.34. The number of anilines is 2. The summed E-state index contributed by atoms with van der Waals surface area (Å²) in [6.45, 7) is 0.697. The standard InChI is InChI=1S/C19H20Cl2N4O3/c20-13-8-16(21)18(24-10-13)23-7-6-22-17(26)11-28-15-3-1-2-14(9-15)25-19(27)12-4-5-12/h1-3,8-10,12H,4-7,11H2,(H,22,26)(H,23,24)(H,25,27). The zero-order valence-electron chi connectivity index (χ0n) is 15.0. The zero-order chi connectivity index (χ0) is 19.9. The summed E-state index contributed by atoms with van der Waals surface area (Å²) in [6.07, 6.45) is 3.37. The molecule has 0 aliphatic heterocycles. The van der Waals surface area contributed by atoms with E-state index in [1.807, 2.05) is 0 Å². The van der Waals surface area contributed by atoms with E-state index in [9.17, 15) is 9.59 Å². The predicted molar refractivity (Wildman–Crippen MR) is 109 cm³/mol. The van der Waals surface area contributed by atoms with Crippen LogP contribution >= 0.6 is 23.2 Å². The van der Waals surface area contributed by atoms with E-state index in [0.29, 0.717) is 40.4 Å². The molecule has 2 amide bonds. The monoisotopic (exact) mass is 422 g/mol. The highest BCUT2D eigenvalue weighted by Gasteiger charge is 2.29. The number of benzene rings is 1. The molecule has 1 aliphatic rings. The van der Waals surface area contributed by atoms with Crippen molar-refractivity contribution in [3.8, 4) is 5.75 Å². The summed E-state index contributed by atoms with van der Waals surface area (Å²) >= 11 is 11.8. The fourth-order valence-electron chi connectivity index (χ4n) is 2.38. The van der Waals surface area contributed by atoms with Gasteiger partial charge in [0.2, 0.25) is 5.91 Å². The molecule has 148 valence electrons. The number of amides is 2. The Kier molecular flexibility index (Phi) is 6.95. The number of hydrogen-bond donors (Lipinski definition) is 3. The summed E-state index contributed by atoms with van der Waals surface area (Å²) in [5.41, 5.74) is 0.659. The molecule has 0 unspecified atom stereocenters. The fraction of sp³-hybridized carbons (Fsp3) is 0.316. The number of hydrogen-bond acceptors (Lipinski definition) is 5. The number of carbonyl (C=O) groups excluding carboxylic acids is 2. The third kappa shape index (κ3) is 6.28. The molecule has 0 saturated heterocycles. The molecule has 0 atom stereocenters. The Bertz CT molecular complexity index is 859. The van der Waals surface area contributed by atoms with Gasteiger partial charge in [0.1, 0.15) is 11.6 Å². The van der Waals surface area contributed by atoms with Crippen molar-refractivity contribution < 1.29 is 14.3 Å². The second-order valence-corrected chi connectivity index (χ2v) is 7.18. The number of rotatable bonds is 9. The topological polar surface area (TPSA) is 92.3 Å². The average Bonchev–Trinajstić information content (AvgIpc) is 3.50. The van der Waals surface area contributed by atoms with Crippen LogP contribution in [0.4, 0.5) is 11.5 Å². The van der Waals surface area contributed by atoms with Gasteiger partial charge in [0, 0.05) is 37.0 Å². The van der Waals surface area contributed by atoms with Crippen LogP contribution in [0.25, 0.3) is 0 Å². The van der Waals surface area contributed by atoms with Crippen LogP contribution in [-0.4, -0.2) is 36.5 Å². The number of pyridine rings is 1. The molecule has 2 aromatic rings. The van der Waals surface area contributed by atoms with Crippen molar-refractivity contribution in [3.63, 3.8) is 0 Å². The maximum atomic E-state index is 11.9. The van der Waals surface area contributed by atoms with Gasteiger partial charge in [-0.05, 0) is 31.0 Å². The van der Waals surface area contributed by atoms with Crippen LogP contribution in [-0.2, 0) is 9.59 Å². The molecule has 28 heavy (non-hydrogen) atoms. The number of nitrogens with one attached hydrogen (secondary N) is 3. The molecule has 7 nitrogen and oxygen atoms in total. The molecular formula is C19H20Cl2N4O3. The Hall–Kier alpha value is -2.51. The SMILES string of the molecule is O=C(COc1cccc(NC(=O)C2CC2)c1)NCCNc1ncc(Cl)cc1Cl. The number of ether oxygens (including phenoxy) is 1. The minimum atomic E-state index is -0.260. The molecule has 0 spiro atoms. The van der Waals surface area contributed by atoms with E-state index >= 15 is 0 Å². The minimum absolute atomic E-state index is 0.0256. The van der Waals surface area contributed by atoms with E-state index < -0.39 is 0 Å². The van der Waals surface area contributed by atoms with Gasteiger partial charge < -0.3 is 20.7 Å². The lowest BCUT2D eigenvalue weighted by Crippen LogP contribution is -2.32. The van der Waals surface area contributed by atoms with Crippen LogP contribution in [0.15, 0.2) is 36.5 Å². The van der Waals surface area contributed by atoms with Gasteiger partial charge >= 0.3 is 0 Å². The minimum Gasteiger partial charge on any atom is -0.484 e. The molecule has 0 radical (unpaired) electrons. The van der Waals surface area contributed by atoms with Gasteiger partial charge in [0.25, 0.3) is 5.91 Å². The summed E-state index contributed by atoms with van der Waals surface area (Å²) in [7, 11) is 0. The van der Waals surface area contributed by atoms with Crippen molar-refractivity contribution >= 4 is 46.5 Å². The van der Waals surface area contributed by atoms with Gasteiger partial charge in [-0.25, -0.2) is 4.98 Å². The van der Waals surface area contributed by atoms with Crippen LogP contribution in [0.2, 0.25) is 10.0 Å². The number of carbonyl (C=O) groups is 2. The fourth-order valence-corrected chi connectivity index (χ4v) is 2.83. The van der Waals surface area contributed by atoms with Crippen LogP contribution in [0.1, 0.15) is 12.8 Å². The van der Waals surface area contributed by atoms with Crippen molar-refractivity contribution in [1.29, 1.82) is 0 Å². The maximum Gasteiger partial charge on any atom is 0.258 e. The van der Waals surface area contributed by atoms with Gasteiger partial charge in [0.05, 0.1) is 10.0 Å². The van der Waals surface area contributed by atoms with Gasteiger partial charge in [-0.3, -0.25) is 9.59 Å². The van der Waals surface area contributed by atoms with E-state index in [2.05, 4.69) is 20.9 Å². The third-order valence-corrected chi connectivity index (χ3v) is 4.46. The summed E-state index contributed by atoms with van der Waals surface area (Å²) in [4.78, 5) is 27.8.